The van der Waals surface area contributed by atoms with Crippen molar-refractivity contribution >= 4 is 17.9 Å². The average Bonchev–Trinajstić information content (AvgIpc) is 2.85. The van der Waals surface area contributed by atoms with Gasteiger partial charge >= 0.3 is 17.9 Å². The van der Waals surface area contributed by atoms with Crippen LogP contribution in [0.15, 0.2) is 54.6 Å². The van der Waals surface area contributed by atoms with Gasteiger partial charge in [-0.05, 0) is 51.6 Å². The number of carbonyl (C=O) groups excluding carboxylic acids is 3. The summed E-state index contributed by atoms with van der Waals surface area (Å²) in [6.45, 7) is 0. The van der Waals surface area contributed by atoms with Gasteiger partial charge in [0.05, 0.1) is 38.0 Å². The minimum atomic E-state index is -0.527. The van der Waals surface area contributed by atoms with Crippen LogP contribution in [0.25, 0.3) is 0 Å². The van der Waals surface area contributed by atoms with Crippen LogP contribution in [-0.4, -0.2) is 39.2 Å². The van der Waals surface area contributed by atoms with E-state index in [1.807, 2.05) is 36.4 Å². The first-order chi connectivity index (χ1) is 15.5. The second-order valence-corrected chi connectivity index (χ2v) is 7.77. The lowest BCUT2D eigenvalue weighted by molar-refractivity contribution is 0.0592. The Kier molecular flexibility index (Phi) is 4.59. The molecule has 6 rings (SSSR count). The smallest absolute Gasteiger partial charge is 0.338 e. The molecule has 0 saturated carbocycles. The first-order valence-corrected chi connectivity index (χ1v) is 10.2. The van der Waals surface area contributed by atoms with Crippen molar-refractivity contribution in [3.8, 4) is 0 Å². The molecule has 32 heavy (non-hydrogen) atoms. The van der Waals surface area contributed by atoms with Crippen molar-refractivity contribution in [1.82, 2.24) is 0 Å². The standard InChI is InChI=1S/C26H20O6/c1-30-24(27)16-10-4-7-13-19-14-8-5-11-17(25(28)31-2)21(14)23(20(13)16)22-15(19)9-6-12-18(22)26(29)32-3/h4-12,19,23H,1-3H3. The van der Waals surface area contributed by atoms with Gasteiger partial charge in [0.2, 0.25) is 0 Å². The molecule has 0 amide bonds. The molecule has 0 saturated heterocycles. The van der Waals surface area contributed by atoms with Gasteiger partial charge in [-0.1, -0.05) is 36.4 Å². The minimum absolute atomic E-state index is 0.251. The predicted octanol–water partition coefficient (Wildman–Crippen LogP) is 4.03. The third-order valence-corrected chi connectivity index (χ3v) is 6.43. The first kappa shape index (κ1) is 20.0. The quantitative estimate of drug-likeness (QED) is 0.319. The lowest BCUT2D eigenvalue weighted by Crippen LogP contribution is -2.33. The molecule has 0 aromatic heterocycles. The normalized spacial score (nSPS) is 17.0. The van der Waals surface area contributed by atoms with Crippen LogP contribution in [0, 0.1) is 0 Å². The average molecular weight is 428 g/mol. The summed E-state index contributed by atoms with van der Waals surface area (Å²) in [4.78, 5) is 38.2. The van der Waals surface area contributed by atoms with Crippen molar-refractivity contribution in [2.24, 2.45) is 0 Å². The van der Waals surface area contributed by atoms with Crippen LogP contribution in [0.2, 0.25) is 0 Å². The van der Waals surface area contributed by atoms with E-state index in [4.69, 9.17) is 14.2 Å². The van der Waals surface area contributed by atoms with Crippen LogP contribution in [0.1, 0.15) is 76.3 Å². The number of methoxy groups -OCH3 is 3. The van der Waals surface area contributed by atoms with Crippen molar-refractivity contribution in [3.05, 3.63) is 105 Å². The van der Waals surface area contributed by atoms with Crippen LogP contribution in [0.4, 0.5) is 0 Å². The fraction of sp³-hybridized carbons (Fsp3) is 0.192. The summed E-state index contributed by atoms with van der Waals surface area (Å²) in [5, 5.41) is 0. The SMILES string of the molecule is COC(=O)c1cccc2c1C1c3c(C(=O)OC)cccc3C2c2cccc(C(=O)OC)c21. The molecule has 0 unspecified atom stereocenters. The molecule has 160 valence electrons. The maximum Gasteiger partial charge on any atom is 0.338 e. The van der Waals surface area contributed by atoms with Crippen LogP contribution < -0.4 is 0 Å². The molecule has 0 fully saturated rings. The number of hydrogen-bond acceptors (Lipinski definition) is 6. The van der Waals surface area contributed by atoms with E-state index in [2.05, 4.69) is 0 Å². The minimum Gasteiger partial charge on any atom is -0.465 e. The fourth-order valence-electron chi connectivity index (χ4n) is 5.27. The van der Waals surface area contributed by atoms with E-state index in [-0.39, 0.29) is 5.92 Å². The van der Waals surface area contributed by atoms with Crippen molar-refractivity contribution in [3.63, 3.8) is 0 Å². The second kappa shape index (κ2) is 7.34. The highest BCUT2D eigenvalue weighted by Crippen LogP contribution is 2.58. The van der Waals surface area contributed by atoms with Gasteiger partial charge in [0.1, 0.15) is 0 Å². The van der Waals surface area contributed by atoms with E-state index < -0.39 is 23.8 Å². The van der Waals surface area contributed by atoms with E-state index in [0.717, 1.165) is 33.4 Å². The highest BCUT2D eigenvalue weighted by Gasteiger charge is 2.46. The number of carbonyl (C=O) groups is 3. The van der Waals surface area contributed by atoms with Crippen molar-refractivity contribution in [2.45, 2.75) is 11.8 Å². The molecule has 0 aliphatic heterocycles. The number of benzene rings is 3. The van der Waals surface area contributed by atoms with Crippen molar-refractivity contribution in [1.29, 1.82) is 0 Å². The van der Waals surface area contributed by atoms with E-state index in [0.29, 0.717) is 16.7 Å². The predicted molar refractivity (Wildman–Crippen MR) is 115 cm³/mol. The third kappa shape index (κ3) is 2.56. The molecule has 0 spiro atoms. The molecule has 6 heteroatoms. The number of rotatable bonds is 3. The van der Waals surface area contributed by atoms with Gasteiger partial charge < -0.3 is 14.2 Å². The zero-order chi connectivity index (χ0) is 22.6. The van der Waals surface area contributed by atoms with Crippen LogP contribution in [-0.2, 0) is 14.2 Å². The zero-order valence-corrected chi connectivity index (χ0v) is 17.8. The number of esters is 3. The summed E-state index contributed by atoms with van der Waals surface area (Å²) >= 11 is 0. The Morgan fingerprint density at radius 1 is 0.531 bits per heavy atom. The lowest BCUT2D eigenvalue weighted by atomic mass is 9.58. The Labute approximate surface area is 184 Å². The summed E-state index contributed by atoms with van der Waals surface area (Å²) in [5.74, 6) is -2.18. The molecule has 3 aliphatic carbocycles. The summed E-state index contributed by atoms with van der Waals surface area (Å²) in [5.41, 5.74) is 6.36. The molecule has 3 aliphatic rings. The Bertz CT molecular complexity index is 1150. The van der Waals surface area contributed by atoms with Gasteiger partial charge in [-0.15, -0.1) is 0 Å². The van der Waals surface area contributed by atoms with Gasteiger partial charge in [-0.2, -0.15) is 0 Å². The van der Waals surface area contributed by atoms with Crippen molar-refractivity contribution in [2.75, 3.05) is 21.3 Å². The maximum absolute atomic E-state index is 12.7. The highest BCUT2D eigenvalue weighted by molar-refractivity contribution is 5.99. The van der Waals surface area contributed by atoms with Crippen LogP contribution >= 0.6 is 0 Å². The first-order valence-electron chi connectivity index (χ1n) is 10.2. The fourth-order valence-corrected chi connectivity index (χ4v) is 5.27. The van der Waals surface area contributed by atoms with Crippen LogP contribution in [0.3, 0.4) is 0 Å². The largest absolute Gasteiger partial charge is 0.465 e. The maximum atomic E-state index is 12.7. The molecule has 0 atom stereocenters. The second-order valence-electron chi connectivity index (χ2n) is 7.77. The lowest BCUT2D eigenvalue weighted by Gasteiger charge is -2.44. The molecule has 0 radical (unpaired) electrons. The zero-order valence-electron chi connectivity index (χ0n) is 17.8. The van der Waals surface area contributed by atoms with Gasteiger partial charge in [0.25, 0.3) is 0 Å². The topological polar surface area (TPSA) is 78.9 Å². The Morgan fingerprint density at radius 2 is 0.844 bits per heavy atom. The summed E-state index contributed by atoms with van der Waals surface area (Å²) < 4.78 is 15.2. The number of hydrogen-bond donors (Lipinski definition) is 0. The molecule has 0 heterocycles. The van der Waals surface area contributed by atoms with Gasteiger partial charge in [-0.3, -0.25) is 0 Å². The summed E-state index contributed by atoms with van der Waals surface area (Å²) in [7, 11) is 4.01. The van der Waals surface area contributed by atoms with Gasteiger partial charge in [-0.25, -0.2) is 14.4 Å². The highest BCUT2D eigenvalue weighted by atomic mass is 16.5. The van der Waals surface area contributed by atoms with E-state index >= 15 is 0 Å². The Balaban J connectivity index is 1.92. The molecule has 6 nitrogen and oxygen atoms in total. The molecule has 3 aromatic carbocycles. The van der Waals surface area contributed by atoms with E-state index in [9.17, 15) is 14.4 Å². The molecule has 3 aromatic rings. The molecule has 0 N–H and O–H groups in total. The summed E-state index contributed by atoms with van der Waals surface area (Å²) in [6.07, 6.45) is 0. The van der Waals surface area contributed by atoms with Gasteiger partial charge in [0, 0.05) is 11.8 Å². The van der Waals surface area contributed by atoms with Gasteiger partial charge in [0.15, 0.2) is 0 Å². The monoisotopic (exact) mass is 428 g/mol. The molecular formula is C26H20O6. The van der Waals surface area contributed by atoms with Crippen LogP contribution in [0.5, 0.6) is 0 Å². The molecular weight excluding hydrogens is 408 g/mol. The summed E-state index contributed by atoms with van der Waals surface area (Å²) in [6, 6.07) is 16.6. The van der Waals surface area contributed by atoms with E-state index in [1.54, 1.807) is 18.2 Å². The Hall–Kier alpha value is -3.93. The number of ether oxygens (including phenoxy) is 3. The molecule has 2 bridgehead atoms. The third-order valence-electron chi connectivity index (χ3n) is 6.43. The van der Waals surface area contributed by atoms with E-state index in [1.165, 1.54) is 21.3 Å². The Morgan fingerprint density at radius 3 is 1.12 bits per heavy atom. The van der Waals surface area contributed by atoms with Crippen molar-refractivity contribution < 1.29 is 28.6 Å².